The summed E-state index contributed by atoms with van der Waals surface area (Å²) in [6.07, 6.45) is 12.6. The molecule has 0 amide bonds. The average Bonchev–Trinajstić information content (AvgIpc) is 3.15. The molecule has 0 aliphatic heterocycles. The van der Waals surface area contributed by atoms with E-state index in [1.54, 1.807) is 13.8 Å². The maximum absolute atomic E-state index is 14.9. The molecule has 2 N–H and O–H groups in total. The van der Waals surface area contributed by atoms with E-state index in [1.807, 2.05) is 0 Å². The van der Waals surface area contributed by atoms with Crippen LogP contribution in [-0.2, 0) is 0 Å². The monoisotopic (exact) mass is 464 g/mol. The highest BCUT2D eigenvalue weighted by Gasteiger charge is 2.53. The van der Waals surface area contributed by atoms with E-state index in [4.69, 9.17) is 0 Å². The summed E-state index contributed by atoms with van der Waals surface area (Å²) < 4.78 is 29.7. The van der Waals surface area contributed by atoms with Crippen molar-refractivity contribution in [3.63, 3.8) is 0 Å². The highest BCUT2D eigenvalue weighted by atomic mass is 19.3. The first kappa shape index (κ1) is 26.6. The number of fused-ring (bicyclic) bond motifs is 1. The minimum atomic E-state index is -3.04. The fraction of sp³-hybridized carbons (Fsp3) is 0.793. The molecular formula is C29H46F2O2. The van der Waals surface area contributed by atoms with Crippen LogP contribution in [0.1, 0.15) is 105 Å². The van der Waals surface area contributed by atoms with Gasteiger partial charge in [0.1, 0.15) is 5.60 Å². The molecule has 0 unspecified atom stereocenters. The van der Waals surface area contributed by atoms with Gasteiger partial charge >= 0.3 is 0 Å². The van der Waals surface area contributed by atoms with Crippen molar-refractivity contribution >= 4 is 0 Å². The van der Waals surface area contributed by atoms with Crippen LogP contribution in [0.15, 0.2) is 35.5 Å². The van der Waals surface area contributed by atoms with Gasteiger partial charge < -0.3 is 10.2 Å². The summed E-state index contributed by atoms with van der Waals surface area (Å²) in [5, 5.41) is 20.5. The summed E-state index contributed by atoms with van der Waals surface area (Å²) >= 11 is 0. The van der Waals surface area contributed by atoms with Crippen molar-refractivity contribution in [1.82, 2.24) is 0 Å². The number of aliphatic hydroxyl groups is 2. The Morgan fingerprint density at radius 2 is 1.85 bits per heavy atom. The van der Waals surface area contributed by atoms with Gasteiger partial charge in [-0.3, -0.25) is 0 Å². The molecule has 0 aromatic carbocycles. The number of halogens is 2. The lowest BCUT2D eigenvalue weighted by Crippen LogP contribution is -2.47. The third kappa shape index (κ3) is 5.32. The van der Waals surface area contributed by atoms with E-state index in [0.717, 1.165) is 50.5 Å². The molecule has 0 radical (unpaired) electrons. The number of rotatable bonds is 8. The molecule has 3 rings (SSSR count). The van der Waals surface area contributed by atoms with E-state index in [2.05, 4.69) is 32.6 Å². The number of allylic oxidation sites excluding steroid dienone is 4. The number of alkyl halides is 2. The Labute approximate surface area is 200 Å². The van der Waals surface area contributed by atoms with Crippen LogP contribution in [0.3, 0.4) is 0 Å². The van der Waals surface area contributed by atoms with Gasteiger partial charge in [0, 0.05) is 6.42 Å². The standard InChI is InChI=1S/C29H46F2O2/c1-6-28(33,7-2)29(30,31)18-16-21(4)25-14-15-26-22(9-8-17-27(25,26)5)11-12-23-19-24(32)13-10-20(23)3/h11-12,21,24-26,32-33H,3,6-10,13-19H2,1-2,4-5H3/b22-11+,23-12-/t21-,24+,25-,26+,27-/m1/s1. The second kappa shape index (κ2) is 10.3. The van der Waals surface area contributed by atoms with Crippen LogP contribution >= 0.6 is 0 Å². The summed E-state index contributed by atoms with van der Waals surface area (Å²) in [6, 6.07) is 0. The topological polar surface area (TPSA) is 40.5 Å². The van der Waals surface area contributed by atoms with Crippen molar-refractivity contribution in [3.8, 4) is 0 Å². The summed E-state index contributed by atoms with van der Waals surface area (Å²) in [5.41, 5.74) is 2.09. The maximum Gasteiger partial charge on any atom is 0.276 e. The van der Waals surface area contributed by atoms with Crippen molar-refractivity contribution in [2.24, 2.45) is 23.2 Å². The van der Waals surface area contributed by atoms with Gasteiger partial charge in [-0.25, -0.2) is 8.78 Å². The second-order valence-electron chi connectivity index (χ2n) is 11.5. The molecule has 33 heavy (non-hydrogen) atoms. The Bertz CT molecular complexity index is 764. The Kier molecular flexibility index (Phi) is 8.32. The van der Waals surface area contributed by atoms with Crippen LogP contribution in [0.2, 0.25) is 0 Å². The van der Waals surface area contributed by atoms with Crippen LogP contribution in [-0.4, -0.2) is 27.8 Å². The van der Waals surface area contributed by atoms with Crippen molar-refractivity contribution < 1.29 is 19.0 Å². The third-order valence-electron chi connectivity index (χ3n) is 9.68. The third-order valence-corrected chi connectivity index (χ3v) is 9.68. The van der Waals surface area contributed by atoms with Crippen molar-refractivity contribution in [2.75, 3.05) is 0 Å². The molecule has 3 saturated carbocycles. The fourth-order valence-electron chi connectivity index (χ4n) is 7.22. The van der Waals surface area contributed by atoms with Gasteiger partial charge in [-0.2, -0.15) is 0 Å². The predicted octanol–water partition coefficient (Wildman–Crippen LogP) is 7.76. The molecule has 188 valence electrons. The molecule has 3 aliphatic carbocycles. The van der Waals surface area contributed by atoms with Gasteiger partial charge in [0.15, 0.2) is 0 Å². The highest BCUT2D eigenvalue weighted by molar-refractivity contribution is 5.36. The Hall–Kier alpha value is -1.00. The molecule has 3 aliphatic rings. The minimum absolute atomic E-state index is 0.0845. The number of aliphatic hydroxyl groups excluding tert-OH is 1. The van der Waals surface area contributed by atoms with E-state index in [0.29, 0.717) is 24.7 Å². The van der Waals surface area contributed by atoms with Crippen LogP contribution in [0.4, 0.5) is 8.78 Å². The van der Waals surface area contributed by atoms with Gasteiger partial charge in [0.2, 0.25) is 0 Å². The van der Waals surface area contributed by atoms with E-state index in [9.17, 15) is 19.0 Å². The van der Waals surface area contributed by atoms with Crippen LogP contribution < -0.4 is 0 Å². The normalized spacial score (nSPS) is 34.7. The van der Waals surface area contributed by atoms with Gasteiger partial charge in [-0.05, 0) is 99.4 Å². The summed E-state index contributed by atoms with van der Waals surface area (Å²) in [7, 11) is 0. The summed E-state index contributed by atoms with van der Waals surface area (Å²) in [5.74, 6) is -1.87. The van der Waals surface area contributed by atoms with Crippen molar-refractivity contribution in [2.45, 2.75) is 122 Å². The smallest absolute Gasteiger partial charge is 0.276 e. The Morgan fingerprint density at radius 3 is 2.52 bits per heavy atom. The highest BCUT2D eigenvalue weighted by Crippen LogP contribution is 2.60. The van der Waals surface area contributed by atoms with E-state index in [-0.39, 0.29) is 36.7 Å². The van der Waals surface area contributed by atoms with Crippen molar-refractivity contribution in [3.05, 3.63) is 35.5 Å². The molecule has 0 aromatic heterocycles. The number of hydrogen-bond donors (Lipinski definition) is 2. The van der Waals surface area contributed by atoms with E-state index < -0.39 is 11.5 Å². The molecule has 0 spiro atoms. The molecule has 5 atom stereocenters. The lowest BCUT2D eigenvalue weighted by atomic mass is 9.60. The fourth-order valence-corrected chi connectivity index (χ4v) is 7.22. The van der Waals surface area contributed by atoms with Crippen molar-refractivity contribution in [1.29, 1.82) is 0 Å². The zero-order valence-corrected chi connectivity index (χ0v) is 21.3. The summed E-state index contributed by atoms with van der Waals surface area (Å²) in [4.78, 5) is 0. The largest absolute Gasteiger partial charge is 0.393 e. The van der Waals surface area contributed by atoms with E-state index in [1.165, 1.54) is 11.1 Å². The first-order chi connectivity index (χ1) is 15.5. The molecule has 3 fully saturated rings. The molecule has 0 heterocycles. The van der Waals surface area contributed by atoms with Crippen LogP contribution in [0.5, 0.6) is 0 Å². The molecule has 4 heteroatoms. The van der Waals surface area contributed by atoms with Gasteiger partial charge in [-0.15, -0.1) is 0 Å². The van der Waals surface area contributed by atoms with Gasteiger partial charge in [0.05, 0.1) is 6.10 Å². The quantitative estimate of drug-likeness (QED) is 0.385. The average molecular weight is 465 g/mol. The van der Waals surface area contributed by atoms with E-state index >= 15 is 0 Å². The predicted molar refractivity (Wildman–Crippen MR) is 132 cm³/mol. The van der Waals surface area contributed by atoms with Gasteiger partial charge in [-0.1, -0.05) is 57.6 Å². The zero-order chi connectivity index (χ0) is 24.4. The first-order valence-electron chi connectivity index (χ1n) is 13.3. The lowest BCUT2D eigenvalue weighted by Gasteiger charge is -2.45. The van der Waals surface area contributed by atoms with Gasteiger partial charge in [0.25, 0.3) is 5.92 Å². The molecule has 0 aromatic rings. The first-order valence-corrected chi connectivity index (χ1v) is 13.3. The summed E-state index contributed by atoms with van der Waals surface area (Å²) in [6.45, 7) is 12.0. The molecule has 2 nitrogen and oxygen atoms in total. The molecular weight excluding hydrogens is 418 g/mol. The SMILES string of the molecule is C=C1CC[C@H](O)C/C1=C/C=C1\CCC[C@]2(C)[C@@H]([C@H](C)CCC(F)(F)C(O)(CC)CC)CC[C@@H]12. The second-order valence-corrected chi connectivity index (χ2v) is 11.5. The Balaban J connectivity index is 1.70. The maximum atomic E-state index is 14.9. The molecule has 0 bridgehead atoms. The van der Waals surface area contributed by atoms with Crippen LogP contribution in [0.25, 0.3) is 0 Å². The van der Waals surface area contributed by atoms with Crippen LogP contribution in [0, 0.1) is 23.2 Å². The lowest BCUT2D eigenvalue weighted by molar-refractivity contribution is -0.190. The molecule has 0 saturated heterocycles. The zero-order valence-electron chi connectivity index (χ0n) is 21.3. The minimum Gasteiger partial charge on any atom is -0.393 e. The number of hydrogen-bond acceptors (Lipinski definition) is 2. The Morgan fingerprint density at radius 1 is 1.15 bits per heavy atom.